The third-order valence-corrected chi connectivity index (χ3v) is 7.49. The molecule has 1 aliphatic heterocycles. The maximum atomic E-state index is 14.2. The summed E-state index contributed by atoms with van der Waals surface area (Å²) < 4.78 is 20.2. The van der Waals surface area contributed by atoms with E-state index in [1.54, 1.807) is 18.6 Å². The highest BCUT2D eigenvalue weighted by Crippen LogP contribution is 2.35. The molecule has 1 fully saturated rings. The molecule has 1 saturated heterocycles. The SMILES string of the molecule is Cc1cc(F)cc(-c2cncc3[nH]c(-c4n[nH]c5ncc(-c6cncc(OCCN7CCCC7)c6)cc45)cc23)c1. The maximum Gasteiger partial charge on any atom is 0.155 e. The highest BCUT2D eigenvalue weighted by Gasteiger charge is 2.16. The number of ether oxygens (including phenoxy) is 1. The van der Waals surface area contributed by atoms with Crippen LogP contribution in [0.1, 0.15) is 18.4 Å². The Morgan fingerprint density at radius 2 is 1.73 bits per heavy atom. The quantitative estimate of drug-likeness (QED) is 0.256. The molecule has 8 nitrogen and oxygen atoms in total. The summed E-state index contributed by atoms with van der Waals surface area (Å²) in [6.07, 6.45) is 11.5. The molecule has 0 bridgehead atoms. The maximum absolute atomic E-state index is 14.2. The van der Waals surface area contributed by atoms with Gasteiger partial charge >= 0.3 is 0 Å². The Labute approximate surface area is 230 Å². The lowest BCUT2D eigenvalue weighted by molar-refractivity contribution is 0.237. The molecule has 0 atom stereocenters. The molecule has 7 rings (SSSR count). The molecule has 5 aromatic heterocycles. The van der Waals surface area contributed by atoms with Crippen molar-refractivity contribution in [1.29, 1.82) is 0 Å². The number of aromatic amines is 2. The van der Waals surface area contributed by atoms with Crippen LogP contribution in [0.3, 0.4) is 0 Å². The summed E-state index contributed by atoms with van der Waals surface area (Å²) in [5.74, 6) is 0.475. The van der Waals surface area contributed by atoms with Gasteiger partial charge in [-0.05, 0) is 74.3 Å². The highest BCUT2D eigenvalue weighted by molar-refractivity contribution is 6.00. The third kappa shape index (κ3) is 4.69. The molecule has 0 saturated carbocycles. The molecule has 40 heavy (non-hydrogen) atoms. The van der Waals surface area contributed by atoms with Gasteiger partial charge in [-0.25, -0.2) is 9.37 Å². The Hall–Kier alpha value is -4.63. The lowest BCUT2D eigenvalue weighted by Crippen LogP contribution is -2.25. The molecule has 6 heterocycles. The van der Waals surface area contributed by atoms with E-state index in [2.05, 4.69) is 41.1 Å². The van der Waals surface area contributed by atoms with Gasteiger partial charge in [0.1, 0.15) is 23.9 Å². The molecule has 0 aliphatic carbocycles. The van der Waals surface area contributed by atoms with Gasteiger partial charge in [-0.1, -0.05) is 6.07 Å². The average molecular weight is 534 g/mol. The van der Waals surface area contributed by atoms with Crippen molar-refractivity contribution >= 4 is 21.9 Å². The van der Waals surface area contributed by atoms with Crippen LogP contribution in [-0.2, 0) is 0 Å². The summed E-state index contributed by atoms with van der Waals surface area (Å²) in [5.41, 5.74) is 7.43. The number of likely N-dealkylation sites (tertiary alicyclic amines) is 1. The van der Waals surface area contributed by atoms with E-state index in [0.29, 0.717) is 12.3 Å². The van der Waals surface area contributed by atoms with Crippen molar-refractivity contribution in [2.75, 3.05) is 26.2 Å². The largest absolute Gasteiger partial charge is 0.491 e. The number of nitrogens with zero attached hydrogens (tertiary/aromatic N) is 5. The number of nitrogens with one attached hydrogen (secondary N) is 2. The zero-order valence-corrected chi connectivity index (χ0v) is 22.1. The molecule has 0 amide bonds. The van der Waals surface area contributed by atoms with Crippen LogP contribution in [0.15, 0.2) is 67.4 Å². The van der Waals surface area contributed by atoms with Crippen LogP contribution in [0.5, 0.6) is 5.75 Å². The molecule has 1 aliphatic rings. The zero-order chi connectivity index (χ0) is 27.1. The number of halogens is 1. The minimum absolute atomic E-state index is 0.268. The van der Waals surface area contributed by atoms with Gasteiger partial charge in [0.05, 0.1) is 23.6 Å². The Morgan fingerprint density at radius 3 is 2.60 bits per heavy atom. The lowest BCUT2D eigenvalue weighted by atomic mass is 10.0. The monoisotopic (exact) mass is 533 g/mol. The number of fused-ring (bicyclic) bond motifs is 2. The Balaban J connectivity index is 1.21. The number of aryl methyl sites for hydroxylation is 1. The molecule has 2 N–H and O–H groups in total. The summed E-state index contributed by atoms with van der Waals surface area (Å²) in [6, 6.07) is 11.1. The van der Waals surface area contributed by atoms with E-state index in [0.717, 1.165) is 80.9 Å². The second kappa shape index (κ2) is 10.2. The fourth-order valence-electron chi connectivity index (χ4n) is 5.52. The van der Waals surface area contributed by atoms with Gasteiger partial charge in [-0.3, -0.25) is 20.0 Å². The molecule has 0 unspecified atom stereocenters. The number of rotatable bonds is 7. The van der Waals surface area contributed by atoms with Gasteiger partial charge in [0.15, 0.2) is 5.65 Å². The van der Waals surface area contributed by atoms with Gasteiger partial charge in [0.25, 0.3) is 0 Å². The molecule has 0 radical (unpaired) electrons. The Bertz CT molecular complexity index is 1820. The summed E-state index contributed by atoms with van der Waals surface area (Å²) in [7, 11) is 0. The normalized spacial score (nSPS) is 13.9. The fraction of sp³-hybridized carbons (Fsp3) is 0.226. The predicted octanol–water partition coefficient (Wildman–Crippen LogP) is 6.15. The van der Waals surface area contributed by atoms with Gasteiger partial charge < -0.3 is 9.72 Å². The first-order chi connectivity index (χ1) is 19.6. The van der Waals surface area contributed by atoms with Crippen molar-refractivity contribution in [3.8, 4) is 39.4 Å². The van der Waals surface area contributed by atoms with E-state index >= 15 is 0 Å². The van der Waals surface area contributed by atoms with Gasteiger partial charge in [-0.15, -0.1) is 0 Å². The minimum atomic E-state index is -0.268. The summed E-state index contributed by atoms with van der Waals surface area (Å²) in [4.78, 5) is 19.3. The standard InChI is InChI=1S/C31H28FN7O/c1-19-8-20(10-23(32)9-19)27-17-34-18-29-25(27)13-28(36-29)30-26-12-22(15-35-31(26)38-37-30)21-11-24(16-33-14-21)40-7-6-39-4-2-3-5-39/h8-18,36H,2-7H2,1H3,(H,35,37,38). The molecular weight excluding hydrogens is 505 g/mol. The van der Waals surface area contributed by atoms with E-state index < -0.39 is 0 Å². The summed E-state index contributed by atoms with van der Waals surface area (Å²) in [6.45, 7) is 5.75. The Kier molecular flexibility index (Phi) is 6.20. The van der Waals surface area contributed by atoms with Crippen LogP contribution in [0.4, 0.5) is 4.39 Å². The third-order valence-electron chi connectivity index (χ3n) is 7.49. The van der Waals surface area contributed by atoms with E-state index in [4.69, 9.17) is 4.74 Å². The zero-order valence-electron chi connectivity index (χ0n) is 22.1. The van der Waals surface area contributed by atoms with Crippen LogP contribution in [0.25, 0.3) is 55.6 Å². The van der Waals surface area contributed by atoms with Crippen molar-refractivity contribution in [2.45, 2.75) is 19.8 Å². The lowest BCUT2D eigenvalue weighted by Gasteiger charge is -2.15. The van der Waals surface area contributed by atoms with Crippen LogP contribution in [0, 0.1) is 12.7 Å². The molecule has 200 valence electrons. The van der Waals surface area contributed by atoms with Gasteiger partial charge in [0.2, 0.25) is 0 Å². The van der Waals surface area contributed by atoms with Crippen LogP contribution < -0.4 is 4.74 Å². The molecule has 6 aromatic rings. The van der Waals surface area contributed by atoms with Crippen LogP contribution in [0.2, 0.25) is 0 Å². The van der Waals surface area contributed by atoms with Crippen LogP contribution >= 0.6 is 0 Å². The van der Waals surface area contributed by atoms with E-state index in [-0.39, 0.29) is 5.82 Å². The van der Waals surface area contributed by atoms with E-state index in [1.807, 2.05) is 37.5 Å². The van der Waals surface area contributed by atoms with Crippen LogP contribution in [-0.4, -0.2) is 61.3 Å². The second-order valence-electron chi connectivity index (χ2n) is 10.3. The van der Waals surface area contributed by atoms with Crippen molar-refractivity contribution in [1.82, 2.24) is 35.0 Å². The van der Waals surface area contributed by atoms with Crippen molar-refractivity contribution < 1.29 is 9.13 Å². The number of aromatic nitrogens is 6. The molecule has 0 spiro atoms. The first kappa shape index (κ1) is 24.4. The summed E-state index contributed by atoms with van der Waals surface area (Å²) >= 11 is 0. The molecule has 1 aromatic carbocycles. The highest BCUT2D eigenvalue weighted by atomic mass is 19.1. The first-order valence-electron chi connectivity index (χ1n) is 13.5. The second-order valence-corrected chi connectivity index (χ2v) is 10.3. The van der Waals surface area contributed by atoms with Crippen molar-refractivity contribution in [3.63, 3.8) is 0 Å². The molecule has 9 heteroatoms. The van der Waals surface area contributed by atoms with Gasteiger partial charge in [-0.2, -0.15) is 5.10 Å². The number of hydrogen-bond acceptors (Lipinski definition) is 6. The predicted molar refractivity (Wildman–Crippen MR) is 154 cm³/mol. The fourth-order valence-corrected chi connectivity index (χ4v) is 5.52. The number of pyridine rings is 3. The van der Waals surface area contributed by atoms with Crippen molar-refractivity contribution in [3.05, 3.63) is 78.8 Å². The number of hydrogen-bond donors (Lipinski definition) is 2. The van der Waals surface area contributed by atoms with E-state index in [9.17, 15) is 4.39 Å². The first-order valence-corrected chi connectivity index (χ1v) is 13.5. The molecular formula is C31H28FN7O. The summed E-state index contributed by atoms with van der Waals surface area (Å²) in [5, 5.41) is 9.44. The van der Waals surface area contributed by atoms with E-state index in [1.165, 1.54) is 25.0 Å². The smallest absolute Gasteiger partial charge is 0.155 e. The van der Waals surface area contributed by atoms with Crippen molar-refractivity contribution in [2.24, 2.45) is 0 Å². The topological polar surface area (TPSA) is 95.6 Å². The van der Waals surface area contributed by atoms with Gasteiger partial charge in [0, 0.05) is 52.6 Å². The minimum Gasteiger partial charge on any atom is -0.491 e. The average Bonchev–Trinajstić information content (AvgIpc) is 3.71. The number of H-pyrrole nitrogens is 2. The number of benzene rings is 1. The Morgan fingerprint density at radius 1 is 0.875 bits per heavy atom.